The fourth-order valence-electron chi connectivity index (χ4n) is 3.35. The molecule has 0 saturated carbocycles. The first-order valence-corrected chi connectivity index (χ1v) is 8.77. The molecule has 1 atom stereocenters. The van der Waals surface area contributed by atoms with E-state index in [-0.39, 0.29) is 11.9 Å². The van der Waals surface area contributed by atoms with Gasteiger partial charge in [0.15, 0.2) is 0 Å². The minimum atomic E-state index is -0.271. The monoisotopic (exact) mass is 343 g/mol. The standard InChI is InChI=1S/C19H22FN3O2/c20-14-3-5-16-17(2-1-9-25-18(16)12-14)22-19-6-4-15(13-21-19)23-7-10-24-11-8-23/h3-6,12-13,17H,1-2,7-11H2,(H,21,22). The molecule has 1 N–H and O–H groups in total. The number of benzene rings is 1. The molecule has 1 saturated heterocycles. The molecule has 6 heteroatoms. The fourth-order valence-corrected chi connectivity index (χ4v) is 3.35. The van der Waals surface area contributed by atoms with Crippen LogP contribution in [0.4, 0.5) is 15.9 Å². The quantitative estimate of drug-likeness (QED) is 0.926. The van der Waals surface area contributed by atoms with Crippen molar-refractivity contribution < 1.29 is 13.9 Å². The van der Waals surface area contributed by atoms with Gasteiger partial charge in [-0.2, -0.15) is 0 Å². The van der Waals surface area contributed by atoms with Crippen LogP contribution in [0.3, 0.4) is 0 Å². The summed E-state index contributed by atoms with van der Waals surface area (Å²) >= 11 is 0. The number of ether oxygens (including phenoxy) is 2. The maximum atomic E-state index is 13.5. The lowest BCUT2D eigenvalue weighted by atomic mass is 10.0. The molecule has 0 aliphatic carbocycles. The van der Waals surface area contributed by atoms with E-state index in [4.69, 9.17) is 9.47 Å². The molecule has 2 aliphatic rings. The van der Waals surface area contributed by atoms with E-state index in [1.54, 1.807) is 6.07 Å². The first kappa shape index (κ1) is 16.1. The molecule has 0 spiro atoms. The Morgan fingerprint density at radius 1 is 1.12 bits per heavy atom. The molecule has 1 aromatic heterocycles. The van der Waals surface area contributed by atoms with Crippen molar-refractivity contribution in [3.8, 4) is 5.75 Å². The van der Waals surface area contributed by atoms with Crippen LogP contribution in [0.5, 0.6) is 5.75 Å². The number of rotatable bonds is 3. The Bertz CT molecular complexity index is 717. The Morgan fingerprint density at radius 3 is 2.80 bits per heavy atom. The number of hydrogen-bond donors (Lipinski definition) is 1. The van der Waals surface area contributed by atoms with E-state index in [9.17, 15) is 4.39 Å². The maximum absolute atomic E-state index is 13.5. The second-order valence-corrected chi connectivity index (χ2v) is 6.37. The van der Waals surface area contributed by atoms with Crippen LogP contribution >= 0.6 is 0 Å². The van der Waals surface area contributed by atoms with Crippen molar-refractivity contribution in [3.05, 3.63) is 47.9 Å². The number of nitrogens with one attached hydrogen (secondary N) is 1. The molecule has 25 heavy (non-hydrogen) atoms. The first-order valence-electron chi connectivity index (χ1n) is 8.77. The molecule has 4 rings (SSSR count). The van der Waals surface area contributed by atoms with Crippen molar-refractivity contribution in [2.45, 2.75) is 18.9 Å². The second-order valence-electron chi connectivity index (χ2n) is 6.37. The summed E-state index contributed by atoms with van der Waals surface area (Å²) in [6.45, 7) is 3.92. The number of halogens is 1. The summed E-state index contributed by atoms with van der Waals surface area (Å²) in [5.74, 6) is 1.17. The van der Waals surface area contributed by atoms with E-state index >= 15 is 0 Å². The summed E-state index contributed by atoms with van der Waals surface area (Å²) in [7, 11) is 0. The molecular formula is C19H22FN3O2. The Labute approximate surface area is 146 Å². The third-order valence-corrected chi connectivity index (χ3v) is 4.69. The third-order valence-electron chi connectivity index (χ3n) is 4.69. The second kappa shape index (κ2) is 7.27. The van der Waals surface area contributed by atoms with Gasteiger partial charge in [-0.25, -0.2) is 9.37 Å². The van der Waals surface area contributed by atoms with Gasteiger partial charge < -0.3 is 19.7 Å². The minimum Gasteiger partial charge on any atom is -0.493 e. The molecule has 1 unspecified atom stereocenters. The molecule has 1 fully saturated rings. The van der Waals surface area contributed by atoms with Gasteiger partial charge in [0.25, 0.3) is 0 Å². The van der Waals surface area contributed by atoms with Crippen molar-refractivity contribution in [2.75, 3.05) is 43.1 Å². The number of fused-ring (bicyclic) bond motifs is 1. The maximum Gasteiger partial charge on any atom is 0.127 e. The number of nitrogens with zero attached hydrogens (tertiary/aromatic N) is 2. The summed E-state index contributed by atoms with van der Waals surface area (Å²) in [6, 6.07) is 8.90. The van der Waals surface area contributed by atoms with E-state index in [0.717, 1.165) is 56.2 Å². The highest BCUT2D eigenvalue weighted by molar-refractivity contribution is 5.51. The van der Waals surface area contributed by atoms with Crippen LogP contribution in [0.25, 0.3) is 0 Å². The lowest BCUT2D eigenvalue weighted by molar-refractivity contribution is 0.122. The summed E-state index contributed by atoms with van der Waals surface area (Å²) in [6.07, 6.45) is 3.73. The molecule has 0 amide bonds. The highest BCUT2D eigenvalue weighted by Crippen LogP contribution is 2.34. The van der Waals surface area contributed by atoms with Crippen LogP contribution < -0.4 is 15.0 Å². The van der Waals surface area contributed by atoms with Crippen molar-refractivity contribution >= 4 is 11.5 Å². The predicted octanol–water partition coefficient (Wildman–Crippen LogP) is 3.38. The van der Waals surface area contributed by atoms with Crippen molar-refractivity contribution in [1.29, 1.82) is 0 Å². The molecule has 5 nitrogen and oxygen atoms in total. The van der Waals surface area contributed by atoms with Crippen molar-refractivity contribution in [2.24, 2.45) is 0 Å². The lowest BCUT2D eigenvalue weighted by Gasteiger charge is -2.28. The average molecular weight is 343 g/mol. The summed E-state index contributed by atoms with van der Waals surface area (Å²) < 4.78 is 24.5. The molecule has 1 aromatic carbocycles. The smallest absolute Gasteiger partial charge is 0.127 e. The van der Waals surface area contributed by atoms with E-state index in [1.165, 1.54) is 12.1 Å². The van der Waals surface area contributed by atoms with E-state index in [0.29, 0.717) is 12.4 Å². The van der Waals surface area contributed by atoms with Crippen LogP contribution in [0.2, 0.25) is 0 Å². The van der Waals surface area contributed by atoms with Gasteiger partial charge in [0, 0.05) is 24.7 Å². The molecule has 2 aliphatic heterocycles. The summed E-state index contributed by atoms with van der Waals surface area (Å²) in [4.78, 5) is 6.84. The van der Waals surface area contributed by atoms with Gasteiger partial charge in [0.05, 0.1) is 37.7 Å². The van der Waals surface area contributed by atoms with Gasteiger partial charge in [-0.3, -0.25) is 0 Å². The number of morpholine rings is 1. The third kappa shape index (κ3) is 3.69. The molecule has 3 heterocycles. The normalized spacial score (nSPS) is 20.4. The molecule has 0 radical (unpaired) electrons. The molecule has 0 bridgehead atoms. The fraction of sp³-hybridized carbons (Fsp3) is 0.421. The number of anilines is 2. The Balaban J connectivity index is 1.50. The van der Waals surface area contributed by atoms with E-state index < -0.39 is 0 Å². The minimum absolute atomic E-state index is 0.0693. The van der Waals surface area contributed by atoms with E-state index in [1.807, 2.05) is 12.3 Å². The number of pyridine rings is 1. The van der Waals surface area contributed by atoms with Crippen molar-refractivity contribution in [1.82, 2.24) is 4.98 Å². The van der Waals surface area contributed by atoms with Gasteiger partial charge in [-0.15, -0.1) is 0 Å². The summed E-state index contributed by atoms with van der Waals surface area (Å²) in [5, 5.41) is 3.47. The SMILES string of the molecule is Fc1ccc2c(c1)OCCCC2Nc1ccc(N2CCOCC2)cn1. The van der Waals surface area contributed by atoms with Gasteiger partial charge in [-0.1, -0.05) is 6.07 Å². The Morgan fingerprint density at radius 2 is 2.00 bits per heavy atom. The van der Waals surface area contributed by atoms with Crippen LogP contribution in [0.1, 0.15) is 24.4 Å². The lowest BCUT2D eigenvalue weighted by Crippen LogP contribution is -2.36. The topological polar surface area (TPSA) is 46.6 Å². The van der Waals surface area contributed by atoms with E-state index in [2.05, 4.69) is 21.3 Å². The molecular weight excluding hydrogens is 321 g/mol. The zero-order valence-corrected chi connectivity index (χ0v) is 14.1. The predicted molar refractivity (Wildman–Crippen MR) is 94.8 cm³/mol. The van der Waals surface area contributed by atoms with Crippen LogP contribution in [0, 0.1) is 5.82 Å². The Hall–Kier alpha value is -2.34. The number of hydrogen-bond acceptors (Lipinski definition) is 5. The zero-order chi connectivity index (χ0) is 17.1. The van der Waals surface area contributed by atoms with Gasteiger partial charge in [0.2, 0.25) is 0 Å². The summed E-state index contributed by atoms with van der Waals surface area (Å²) in [5.41, 5.74) is 2.10. The van der Waals surface area contributed by atoms with Crippen LogP contribution in [-0.4, -0.2) is 37.9 Å². The first-order chi connectivity index (χ1) is 12.3. The Kier molecular flexibility index (Phi) is 4.70. The number of aromatic nitrogens is 1. The van der Waals surface area contributed by atoms with Gasteiger partial charge in [0.1, 0.15) is 17.4 Å². The molecule has 2 aromatic rings. The molecule has 132 valence electrons. The highest BCUT2D eigenvalue weighted by Gasteiger charge is 2.21. The van der Waals surface area contributed by atoms with Gasteiger partial charge >= 0.3 is 0 Å². The highest BCUT2D eigenvalue weighted by atomic mass is 19.1. The average Bonchev–Trinajstić information content (AvgIpc) is 2.85. The van der Waals surface area contributed by atoms with Crippen LogP contribution in [0.15, 0.2) is 36.5 Å². The van der Waals surface area contributed by atoms with Gasteiger partial charge in [-0.05, 0) is 31.0 Å². The zero-order valence-electron chi connectivity index (χ0n) is 14.1. The van der Waals surface area contributed by atoms with Crippen molar-refractivity contribution in [3.63, 3.8) is 0 Å². The van der Waals surface area contributed by atoms with Crippen LogP contribution in [-0.2, 0) is 4.74 Å². The largest absolute Gasteiger partial charge is 0.493 e.